The molecule has 0 aliphatic carbocycles. The molecule has 0 radical (unpaired) electrons. The zero-order chi connectivity index (χ0) is 24.7. The lowest BCUT2D eigenvalue weighted by Gasteiger charge is -2.27. The number of carbonyl (C=O) groups excluding carboxylic acids is 1. The van der Waals surface area contributed by atoms with Crippen LogP contribution in [0.5, 0.6) is 0 Å². The first-order valence-corrected chi connectivity index (χ1v) is 11.6. The van der Waals surface area contributed by atoms with Gasteiger partial charge in [0, 0.05) is 31.0 Å². The molecule has 1 aromatic heterocycles. The Bertz CT molecular complexity index is 1130. The van der Waals surface area contributed by atoms with E-state index in [1.54, 1.807) is 12.1 Å². The third-order valence-corrected chi connectivity index (χ3v) is 6.48. The fraction of sp³-hybridized carbons (Fsp3) is 0.292. The second-order valence-electron chi connectivity index (χ2n) is 7.82. The number of amides is 2. The lowest BCUT2D eigenvalue weighted by atomic mass is 10.0. The van der Waals surface area contributed by atoms with Crippen molar-refractivity contribution >= 4 is 29.0 Å². The summed E-state index contributed by atoms with van der Waals surface area (Å²) in [5.74, 6) is -0.436. The predicted molar refractivity (Wildman–Crippen MR) is 129 cm³/mol. The summed E-state index contributed by atoms with van der Waals surface area (Å²) in [6.07, 6.45) is 0.116. The third-order valence-electron chi connectivity index (χ3n) is 5.48. The average Bonchev–Trinajstić information content (AvgIpc) is 3.32. The molecule has 0 aliphatic heterocycles. The minimum Gasteiger partial charge on any atom is -0.465 e. The van der Waals surface area contributed by atoms with Crippen LogP contribution in [0.25, 0.3) is 0 Å². The van der Waals surface area contributed by atoms with Crippen LogP contribution >= 0.6 is 11.3 Å². The number of likely N-dealkylation sites (N-methyl/N-ethyl adjacent to an activating group) is 1. The lowest BCUT2D eigenvalue weighted by Crippen LogP contribution is -2.49. The Morgan fingerprint density at radius 1 is 1.12 bits per heavy atom. The van der Waals surface area contributed by atoms with Crippen molar-refractivity contribution in [1.29, 1.82) is 0 Å². The maximum Gasteiger partial charge on any atom is 0.407 e. The molecule has 0 fully saturated rings. The van der Waals surface area contributed by atoms with E-state index in [9.17, 15) is 24.8 Å². The molecule has 0 aliphatic rings. The number of thiazole rings is 1. The highest BCUT2D eigenvalue weighted by molar-refractivity contribution is 7.09. The number of nitro benzene ring substituents is 1. The summed E-state index contributed by atoms with van der Waals surface area (Å²) in [7, 11) is 1.37. The maximum absolute atomic E-state index is 13.4. The molecular weight excluding hydrogens is 456 g/mol. The molecule has 3 aromatic rings. The van der Waals surface area contributed by atoms with E-state index < -0.39 is 29.0 Å². The standard InChI is InChI=1S/C24H26N4O5S/c1-3-18-15-34-23(25-18)20(13-17-9-11-19(12-10-17)28(32)33)26-22(29)21(27(2)24(30)31)14-16-7-5-4-6-8-16/h4-12,15,20-21H,3,13-14H2,1-2H3,(H,26,29)(H,30,31). The first-order chi connectivity index (χ1) is 16.3. The SMILES string of the molecule is CCc1csc(C(Cc2ccc([N+](=O)[O-])cc2)NC(=O)C(Cc2ccccc2)N(C)C(=O)O)n1. The zero-order valence-electron chi connectivity index (χ0n) is 18.9. The minimum absolute atomic E-state index is 0.0159. The first kappa shape index (κ1) is 24.8. The quantitative estimate of drug-likeness (QED) is 0.329. The molecule has 1 heterocycles. The highest BCUT2D eigenvalue weighted by atomic mass is 32.1. The van der Waals surface area contributed by atoms with E-state index >= 15 is 0 Å². The van der Waals surface area contributed by atoms with Gasteiger partial charge in [0.1, 0.15) is 11.0 Å². The Morgan fingerprint density at radius 3 is 2.32 bits per heavy atom. The van der Waals surface area contributed by atoms with E-state index in [0.717, 1.165) is 28.1 Å². The van der Waals surface area contributed by atoms with Crippen molar-refractivity contribution in [2.75, 3.05) is 7.05 Å². The van der Waals surface area contributed by atoms with Crippen LogP contribution in [0, 0.1) is 10.1 Å². The summed E-state index contributed by atoms with van der Waals surface area (Å²) in [4.78, 5) is 41.2. The fourth-order valence-corrected chi connectivity index (χ4v) is 4.43. The zero-order valence-corrected chi connectivity index (χ0v) is 19.7. The molecule has 3 rings (SSSR count). The van der Waals surface area contributed by atoms with Crippen molar-refractivity contribution in [3.63, 3.8) is 0 Å². The van der Waals surface area contributed by atoms with Gasteiger partial charge in [0.25, 0.3) is 5.69 Å². The topological polar surface area (TPSA) is 126 Å². The highest BCUT2D eigenvalue weighted by Crippen LogP contribution is 2.24. The predicted octanol–water partition coefficient (Wildman–Crippen LogP) is 4.23. The number of carbonyl (C=O) groups is 2. The second kappa shape index (κ2) is 11.4. The Kier molecular flexibility index (Phi) is 8.31. The molecule has 34 heavy (non-hydrogen) atoms. The Hall–Kier alpha value is -3.79. The normalized spacial score (nSPS) is 12.5. The number of nitrogens with zero attached hydrogens (tertiary/aromatic N) is 3. The van der Waals surface area contributed by atoms with E-state index in [4.69, 9.17) is 0 Å². The molecule has 0 saturated carbocycles. The summed E-state index contributed by atoms with van der Waals surface area (Å²) in [5.41, 5.74) is 2.50. The molecule has 0 saturated heterocycles. The van der Waals surface area contributed by atoms with Gasteiger partial charge in [0.15, 0.2) is 0 Å². The Morgan fingerprint density at radius 2 is 1.76 bits per heavy atom. The lowest BCUT2D eigenvalue weighted by molar-refractivity contribution is -0.384. The Labute approximate surface area is 201 Å². The van der Waals surface area contributed by atoms with Crippen LogP contribution in [-0.2, 0) is 24.1 Å². The molecule has 178 valence electrons. The van der Waals surface area contributed by atoms with Gasteiger partial charge in [-0.2, -0.15) is 0 Å². The van der Waals surface area contributed by atoms with Gasteiger partial charge >= 0.3 is 6.09 Å². The van der Waals surface area contributed by atoms with Crippen LogP contribution in [0.1, 0.15) is 34.8 Å². The number of nitro groups is 1. The smallest absolute Gasteiger partial charge is 0.407 e. The molecular formula is C24H26N4O5S. The van der Waals surface area contributed by atoms with E-state index in [1.807, 2.05) is 42.6 Å². The van der Waals surface area contributed by atoms with Crippen molar-refractivity contribution in [3.05, 3.63) is 91.9 Å². The van der Waals surface area contributed by atoms with E-state index in [0.29, 0.717) is 11.4 Å². The van der Waals surface area contributed by atoms with Crippen molar-refractivity contribution in [2.24, 2.45) is 0 Å². The summed E-state index contributed by atoms with van der Waals surface area (Å²) < 4.78 is 0. The maximum atomic E-state index is 13.4. The highest BCUT2D eigenvalue weighted by Gasteiger charge is 2.30. The molecule has 0 bridgehead atoms. The number of carboxylic acid groups (broad SMARTS) is 1. The van der Waals surface area contributed by atoms with Crippen LogP contribution in [0.4, 0.5) is 10.5 Å². The second-order valence-corrected chi connectivity index (χ2v) is 8.71. The van der Waals surface area contributed by atoms with Gasteiger partial charge in [0.05, 0.1) is 16.7 Å². The molecule has 2 amide bonds. The number of hydrogen-bond acceptors (Lipinski definition) is 6. The first-order valence-electron chi connectivity index (χ1n) is 10.8. The molecule has 0 spiro atoms. The van der Waals surface area contributed by atoms with Gasteiger partial charge in [-0.1, -0.05) is 49.4 Å². The number of non-ortho nitro benzene ring substituents is 1. The number of aromatic nitrogens is 1. The Balaban J connectivity index is 1.86. The van der Waals surface area contributed by atoms with Gasteiger partial charge in [-0.05, 0) is 24.0 Å². The molecule has 2 unspecified atom stereocenters. The number of nitrogens with one attached hydrogen (secondary N) is 1. The van der Waals surface area contributed by atoms with Gasteiger partial charge in [-0.3, -0.25) is 19.8 Å². The third kappa shape index (κ3) is 6.38. The number of aryl methyl sites for hydroxylation is 1. The molecule has 2 N–H and O–H groups in total. The number of benzene rings is 2. The fourth-order valence-electron chi connectivity index (χ4n) is 3.48. The van der Waals surface area contributed by atoms with E-state index in [2.05, 4.69) is 10.3 Å². The van der Waals surface area contributed by atoms with Crippen LogP contribution in [-0.4, -0.2) is 45.0 Å². The van der Waals surface area contributed by atoms with Crippen molar-refractivity contribution in [2.45, 2.75) is 38.3 Å². The molecule has 10 heteroatoms. The van der Waals surface area contributed by atoms with Gasteiger partial charge in [0.2, 0.25) is 5.91 Å². The number of hydrogen-bond donors (Lipinski definition) is 2. The van der Waals surface area contributed by atoms with Crippen LogP contribution in [0.3, 0.4) is 0 Å². The van der Waals surface area contributed by atoms with Gasteiger partial charge < -0.3 is 10.4 Å². The summed E-state index contributed by atoms with van der Waals surface area (Å²) in [6.45, 7) is 1.99. The van der Waals surface area contributed by atoms with Crippen LogP contribution in [0.2, 0.25) is 0 Å². The summed E-state index contributed by atoms with van der Waals surface area (Å²) in [5, 5.41) is 26.1. The molecule has 2 aromatic carbocycles. The molecule has 9 nitrogen and oxygen atoms in total. The average molecular weight is 483 g/mol. The van der Waals surface area contributed by atoms with Crippen molar-refractivity contribution in [1.82, 2.24) is 15.2 Å². The van der Waals surface area contributed by atoms with Crippen LogP contribution < -0.4 is 5.32 Å². The summed E-state index contributed by atoms with van der Waals surface area (Å²) in [6, 6.07) is 13.9. The monoisotopic (exact) mass is 482 g/mol. The molecule has 2 atom stereocenters. The number of rotatable bonds is 10. The largest absolute Gasteiger partial charge is 0.465 e. The van der Waals surface area contributed by atoms with Crippen LogP contribution in [0.15, 0.2) is 60.0 Å². The van der Waals surface area contributed by atoms with Gasteiger partial charge in [-0.15, -0.1) is 11.3 Å². The van der Waals surface area contributed by atoms with E-state index in [1.165, 1.54) is 30.5 Å². The summed E-state index contributed by atoms with van der Waals surface area (Å²) >= 11 is 1.42. The van der Waals surface area contributed by atoms with E-state index in [-0.39, 0.29) is 12.1 Å². The van der Waals surface area contributed by atoms with Crippen molar-refractivity contribution in [3.8, 4) is 0 Å². The van der Waals surface area contributed by atoms with Crippen molar-refractivity contribution < 1.29 is 19.6 Å². The minimum atomic E-state index is -1.20. The van der Waals surface area contributed by atoms with Gasteiger partial charge in [-0.25, -0.2) is 9.78 Å².